The van der Waals surface area contributed by atoms with Gasteiger partial charge in [0.05, 0.1) is 22.8 Å². The lowest BCUT2D eigenvalue weighted by Gasteiger charge is -2.12. The fraction of sp³-hybridized carbons (Fsp3) is 0.300. The van der Waals surface area contributed by atoms with Crippen molar-refractivity contribution >= 4 is 27.0 Å². The smallest absolute Gasteiger partial charge is 0.375 e. The van der Waals surface area contributed by atoms with Crippen LogP contribution in [0, 0.1) is 0 Å². The number of hydrogen-bond acceptors (Lipinski definition) is 9. The number of H-pyrrole nitrogens is 1. The number of nitrogens with one attached hydrogen (secondary N) is 1. The fourth-order valence-electron chi connectivity index (χ4n) is 3.49. The predicted molar refractivity (Wildman–Crippen MR) is 119 cm³/mol. The summed E-state index contributed by atoms with van der Waals surface area (Å²) in [6.07, 6.45) is 2.20. The Morgan fingerprint density at radius 2 is 2.00 bits per heavy atom. The minimum Gasteiger partial charge on any atom is -0.493 e. The number of ether oxygens (including phenoxy) is 1. The highest BCUT2D eigenvalue weighted by atomic mass is 32.2. The molecule has 0 saturated heterocycles. The number of aromatic carboxylic acids is 1. The van der Waals surface area contributed by atoms with Crippen LogP contribution in [0.4, 0.5) is 0 Å². The van der Waals surface area contributed by atoms with Crippen molar-refractivity contribution in [2.45, 2.75) is 31.6 Å². The van der Waals surface area contributed by atoms with Crippen molar-refractivity contribution in [3.8, 4) is 17.1 Å². The molecule has 0 aliphatic rings. The molecule has 3 aromatic heterocycles. The molecule has 178 valence electrons. The zero-order valence-electron chi connectivity index (χ0n) is 18.5. The van der Waals surface area contributed by atoms with Gasteiger partial charge in [-0.2, -0.15) is 13.5 Å². The van der Waals surface area contributed by atoms with Gasteiger partial charge >= 0.3 is 5.97 Å². The lowest BCUT2D eigenvalue weighted by Crippen LogP contribution is -2.16. The van der Waals surface area contributed by atoms with Crippen LogP contribution in [0.3, 0.4) is 0 Å². The Labute approximate surface area is 193 Å². The van der Waals surface area contributed by atoms with Crippen LogP contribution < -0.4 is 10.3 Å². The second-order valence-electron chi connectivity index (χ2n) is 7.27. The van der Waals surface area contributed by atoms with Crippen LogP contribution in [-0.4, -0.2) is 60.0 Å². The van der Waals surface area contributed by atoms with E-state index in [1.54, 1.807) is 14.0 Å². The standard InChI is InChI=1S/C20H21N7O6S/c1-4-6-13-15-16(26(3)24-13)19(28)23-17(22-15)12-9-11(7-8-14(12)33-5-2)34(31,32)27-10-21-18(25-27)20(29)30/h7-10H,4-6H2,1-3H3,(H,29,30)(H,22,23,28). The molecule has 34 heavy (non-hydrogen) atoms. The van der Waals surface area contributed by atoms with E-state index in [9.17, 15) is 18.0 Å². The van der Waals surface area contributed by atoms with Gasteiger partial charge in [-0.1, -0.05) is 13.3 Å². The summed E-state index contributed by atoms with van der Waals surface area (Å²) in [7, 11) is -2.64. The first-order valence-electron chi connectivity index (χ1n) is 10.3. The van der Waals surface area contributed by atoms with Crippen LogP contribution >= 0.6 is 0 Å². The number of carboxylic acids is 1. The topological polar surface area (TPSA) is 175 Å². The number of rotatable bonds is 8. The van der Waals surface area contributed by atoms with Crippen LogP contribution in [0.5, 0.6) is 5.75 Å². The maximum absolute atomic E-state index is 13.1. The molecular formula is C20H21N7O6S. The van der Waals surface area contributed by atoms with Gasteiger partial charge in [-0.25, -0.2) is 14.8 Å². The van der Waals surface area contributed by atoms with Gasteiger partial charge in [-0.05, 0) is 31.5 Å². The Balaban J connectivity index is 1.91. The maximum atomic E-state index is 13.1. The Kier molecular flexibility index (Phi) is 5.91. The van der Waals surface area contributed by atoms with Crippen molar-refractivity contribution in [2.24, 2.45) is 7.05 Å². The lowest BCUT2D eigenvalue weighted by atomic mass is 10.1. The number of aryl methyl sites for hydroxylation is 2. The monoisotopic (exact) mass is 487 g/mol. The number of hydrogen-bond donors (Lipinski definition) is 2. The van der Waals surface area contributed by atoms with Gasteiger partial charge in [0.2, 0.25) is 0 Å². The van der Waals surface area contributed by atoms with Gasteiger partial charge in [0.15, 0.2) is 5.52 Å². The molecule has 0 spiro atoms. The molecule has 3 heterocycles. The van der Waals surface area contributed by atoms with Gasteiger partial charge in [-0.15, -0.1) is 9.19 Å². The first kappa shape index (κ1) is 23.1. The molecule has 0 bridgehead atoms. The van der Waals surface area contributed by atoms with Gasteiger partial charge in [0.25, 0.3) is 21.4 Å². The molecule has 0 aliphatic carbocycles. The summed E-state index contributed by atoms with van der Waals surface area (Å²) >= 11 is 0. The van der Waals surface area contributed by atoms with Crippen LogP contribution in [0.2, 0.25) is 0 Å². The van der Waals surface area contributed by atoms with E-state index in [0.717, 1.165) is 12.7 Å². The van der Waals surface area contributed by atoms with E-state index in [1.165, 1.54) is 22.9 Å². The Morgan fingerprint density at radius 1 is 1.24 bits per heavy atom. The Bertz CT molecular complexity index is 1570. The quantitative estimate of drug-likeness (QED) is 0.367. The number of benzene rings is 1. The number of fused-ring (bicyclic) bond motifs is 1. The first-order valence-corrected chi connectivity index (χ1v) is 11.7. The average Bonchev–Trinajstić information content (AvgIpc) is 3.41. The number of aromatic amines is 1. The van der Waals surface area contributed by atoms with Crippen molar-refractivity contribution in [3.05, 3.63) is 46.4 Å². The molecule has 4 aromatic rings. The zero-order chi connectivity index (χ0) is 24.6. The SMILES string of the molecule is CCCc1nn(C)c2c(=O)[nH]c(-c3cc(S(=O)(=O)n4cnc(C(=O)O)n4)ccc3OCC)nc12. The molecular weight excluding hydrogens is 466 g/mol. The highest BCUT2D eigenvalue weighted by Crippen LogP contribution is 2.31. The number of carbonyl (C=O) groups is 1. The zero-order valence-corrected chi connectivity index (χ0v) is 19.3. The van der Waals surface area contributed by atoms with Crippen LogP contribution in [0.25, 0.3) is 22.4 Å². The largest absolute Gasteiger partial charge is 0.493 e. The molecule has 0 fully saturated rings. The molecule has 14 heteroatoms. The summed E-state index contributed by atoms with van der Waals surface area (Å²) in [4.78, 5) is 34.4. The van der Waals surface area contributed by atoms with E-state index < -0.39 is 27.4 Å². The van der Waals surface area contributed by atoms with E-state index in [4.69, 9.17) is 9.84 Å². The second kappa shape index (κ2) is 8.70. The fourth-order valence-corrected chi connectivity index (χ4v) is 4.57. The molecule has 0 saturated carbocycles. The van der Waals surface area contributed by atoms with Gasteiger partial charge in [-0.3, -0.25) is 9.48 Å². The molecule has 0 aliphatic heterocycles. The van der Waals surface area contributed by atoms with Gasteiger partial charge < -0.3 is 14.8 Å². The van der Waals surface area contributed by atoms with Crippen molar-refractivity contribution in [1.82, 2.24) is 33.9 Å². The lowest BCUT2D eigenvalue weighted by molar-refractivity contribution is 0.0684. The number of aromatic nitrogens is 7. The van der Waals surface area contributed by atoms with Crippen molar-refractivity contribution in [3.63, 3.8) is 0 Å². The summed E-state index contributed by atoms with van der Waals surface area (Å²) in [6, 6.07) is 4.00. The van der Waals surface area contributed by atoms with Crippen LogP contribution in [-0.2, 0) is 23.5 Å². The van der Waals surface area contributed by atoms with Crippen molar-refractivity contribution < 1.29 is 23.1 Å². The second-order valence-corrected chi connectivity index (χ2v) is 9.07. The van der Waals surface area contributed by atoms with Gasteiger partial charge in [0.1, 0.15) is 23.4 Å². The summed E-state index contributed by atoms with van der Waals surface area (Å²) in [5.74, 6) is -1.72. The third-order valence-corrected chi connectivity index (χ3v) is 6.48. The summed E-state index contributed by atoms with van der Waals surface area (Å²) in [5, 5.41) is 16.9. The van der Waals surface area contributed by atoms with E-state index in [2.05, 4.69) is 25.1 Å². The van der Waals surface area contributed by atoms with Crippen LogP contribution in [0.15, 0.2) is 34.2 Å². The molecule has 1 aromatic carbocycles. The minimum atomic E-state index is -4.29. The average molecular weight is 487 g/mol. The van der Waals surface area contributed by atoms with E-state index in [1.807, 2.05) is 6.92 Å². The third-order valence-electron chi connectivity index (χ3n) is 4.96. The normalized spacial score (nSPS) is 11.7. The summed E-state index contributed by atoms with van der Waals surface area (Å²) in [6.45, 7) is 4.03. The highest BCUT2D eigenvalue weighted by molar-refractivity contribution is 7.89. The number of nitrogens with zero attached hydrogens (tertiary/aromatic N) is 6. The Morgan fingerprint density at radius 3 is 2.65 bits per heavy atom. The van der Waals surface area contributed by atoms with Crippen molar-refractivity contribution in [1.29, 1.82) is 0 Å². The summed E-state index contributed by atoms with van der Waals surface area (Å²) in [5.41, 5.74) is 1.17. The van der Waals surface area contributed by atoms with Gasteiger partial charge in [0, 0.05) is 7.05 Å². The molecule has 0 unspecified atom stereocenters. The van der Waals surface area contributed by atoms with Crippen molar-refractivity contribution in [2.75, 3.05) is 6.61 Å². The molecule has 2 N–H and O–H groups in total. The highest BCUT2D eigenvalue weighted by Gasteiger charge is 2.24. The molecule has 4 rings (SSSR count). The minimum absolute atomic E-state index is 0.105. The molecule has 0 atom stereocenters. The van der Waals surface area contributed by atoms with E-state index in [0.29, 0.717) is 33.0 Å². The molecule has 13 nitrogen and oxygen atoms in total. The molecule has 0 radical (unpaired) electrons. The van der Waals surface area contributed by atoms with E-state index >= 15 is 0 Å². The van der Waals surface area contributed by atoms with Crippen LogP contribution in [0.1, 0.15) is 36.6 Å². The third kappa shape index (κ3) is 3.91. The predicted octanol–water partition coefficient (Wildman–Crippen LogP) is 1.20. The van der Waals surface area contributed by atoms with E-state index in [-0.39, 0.29) is 22.9 Å². The summed E-state index contributed by atoms with van der Waals surface area (Å²) < 4.78 is 33.7. The first-order chi connectivity index (χ1) is 16.2. The number of carboxylic acid groups (broad SMARTS) is 1. The molecule has 0 amide bonds. The Hall–Kier alpha value is -4.07. The maximum Gasteiger partial charge on any atom is 0.375 e.